The van der Waals surface area contributed by atoms with Crippen LogP contribution in [-0.2, 0) is 4.79 Å². The van der Waals surface area contributed by atoms with Crippen LogP contribution in [0.4, 0.5) is 0 Å². The average molecular weight is 382 g/mol. The third kappa shape index (κ3) is 5.79. The van der Waals surface area contributed by atoms with Gasteiger partial charge in [0.25, 0.3) is 0 Å². The molecule has 2 aromatic rings. The van der Waals surface area contributed by atoms with Crippen LogP contribution in [0.1, 0.15) is 45.2 Å². The molecule has 0 saturated heterocycles. The van der Waals surface area contributed by atoms with Crippen molar-refractivity contribution in [1.82, 2.24) is 15.5 Å². The van der Waals surface area contributed by atoms with Gasteiger partial charge in [-0.05, 0) is 24.7 Å². The molecule has 1 N–H and O–H groups in total. The summed E-state index contributed by atoms with van der Waals surface area (Å²) < 4.78 is 1.81. The highest BCUT2D eigenvalue weighted by Gasteiger charge is 2.21. The summed E-state index contributed by atoms with van der Waals surface area (Å²) in [6.07, 6.45) is 1.96. The van der Waals surface area contributed by atoms with Crippen molar-refractivity contribution in [2.24, 2.45) is 0 Å². The summed E-state index contributed by atoms with van der Waals surface area (Å²) in [5, 5.41) is 11.3. The second-order valence-electron chi connectivity index (χ2n) is 5.29. The van der Waals surface area contributed by atoms with E-state index in [4.69, 9.17) is 0 Å². The van der Waals surface area contributed by atoms with E-state index in [2.05, 4.69) is 41.5 Å². The molecule has 2 atom stereocenters. The Balaban J connectivity index is 1.95. The lowest BCUT2D eigenvalue weighted by atomic mass is 10.0. The van der Waals surface area contributed by atoms with Crippen LogP contribution in [0.15, 0.2) is 39.0 Å². The maximum Gasteiger partial charge on any atom is 0.233 e. The highest BCUT2D eigenvalue weighted by Crippen LogP contribution is 2.31. The lowest BCUT2D eigenvalue weighted by molar-refractivity contribution is -0.121. The van der Waals surface area contributed by atoms with Crippen LogP contribution in [0.5, 0.6) is 0 Å². The summed E-state index contributed by atoms with van der Waals surface area (Å²) in [7, 11) is 0. The number of aromatic nitrogens is 2. The van der Waals surface area contributed by atoms with E-state index in [1.165, 1.54) is 11.8 Å². The standard InChI is InChI=1S/C17H23N3OS3/c1-4-9-14(13-10-7-6-8-11-13)18-15(21)12(3)23-17-20-19-16(24-17)22-5-2/h6-8,10-12,14H,4-5,9H2,1-3H3,(H,18,21)/t12-,14+/m1/s1. The second-order valence-corrected chi connectivity index (χ2v) is 9.36. The summed E-state index contributed by atoms with van der Waals surface area (Å²) in [6.45, 7) is 6.14. The van der Waals surface area contributed by atoms with Gasteiger partial charge in [0.1, 0.15) is 0 Å². The van der Waals surface area contributed by atoms with E-state index in [0.717, 1.165) is 32.8 Å². The largest absolute Gasteiger partial charge is 0.348 e. The van der Waals surface area contributed by atoms with Gasteiger partial charge in [-0.25, -0.2) is 0 Å². The first kappa shape index (κ1) is 19.3. The van der Waals surface area contributed by atoms with Gasteiger partial charge in [0, 0.05) is 0 Å². The van der Waals surface area contributed by atoms with E-state index < -0.39 is 0 Å². The Morgan fingerprint density at radius 1 is 1.21 bits per heavy atom. The Kier molecular flexibility index (Phi) is 8.08. The summed E-state index contributed by atoms with van der Waals surface area (Å²) in [6, 6.07) is 10.2. The van der Waals surface area contributed by atoms with Gasteiger partial charge in [0.2, 0.25) is 5.91 Å². The molecule has 7 heteroatoms. The fourth-order valence-corrected chi connectivity index (χ4v) is 5.29. The van der Waals surface area contributed by atoms with Crippen molar-refractivity contribution < 1.29 is 4.79 Å². The topological polar surface area (TPSA) is 54.9 Å². The SMILES string of the molecule is CCC[C@H](NC(=O)[C@@H](C)Sc1nnc(SCC)s1)c1ccccc1. The molecule has 1 aromatic heterocycles. The maximum absolute atomic E-state index is 12.6. The molecule has 0 aliphatic rings. The van der Waals surface area contributed by atoms with Crippen molar-refractivity contribution in [2.45, 2.75) is 53.6 Å². The summed E-state index contributed by atoms with van der Waals surface area (Å²) >= 11 is 4.70. The first-order valence-corrected chi connectivity index (χ1v) is 10.8. The van der Waals surface area contributed by atoms with Gasteiger partial charge in [0.15, 0.2) is 8.68 Å². The molecule has 0 spiro atoms. The number of thioether (sulfide) groups is 2. The molecule has 0 unspecified atom stereocenters. The zero-order valence-corrected chi connectivity index (χ0v) is 16.6. The smallest absolute Gasteiger partial charge is 0.233 e. The minimum atomic E-state index is -0.194. The molecule has 0 bridgehead atoms. The van der Waals surface area contributed by atoms with E-state index in [0.29, 0.717) is 0 Å². The summed E-state index contributed by atoms with van der Waals surface area (Å²) in [5.41, 5.74) is 1.16. The van der Waals surface area contributed by atoms with E-state index in [9.17, 15) is 4.79 Å². The quantitative estimate of drug-likeness (QED) is 0.633. The molecule has 0 saturated carbocycles. The molecule has 1 aromatic carbocycles. The van der Waals surface area contributed by atoms with Gasteiger partial charge < -0.3 is 5.32 Å². The number of amides is 1. The Bertz CT molecular complexity index is 633. The monoisotopic (exact) mass is 381 g/mol. The second kappa shape index (κ2) is 10.1. The lowest BCUT2D eigenvalue weighted by Crippen LogP contribution is -2.34. The van der Waals surface area contributed by atoms with Crippen molar-refractivity contribution in [3.63, 3.8) is 0 Å². The number of hydrogen-bond donors (Lipinski definition) is 1. The van der Waals surface area contributed by atoms with Crippen molar-refractivity contribution in [3.8, 4) is 0 Å². The van der Waals surface area contributed by atoms with E-state index in [-0.39, 0.29) is 17.2 Å². The van der Waals surface area contributed by atoms with Crippen molar-refractivity contribution >= 4 is 40.8 Å². The van der Waals surface area contributed by atoms with E-state index in [1.54, 1.807) is 23.1 Å². The number of nitrogens with one attached hydrogen (secondary N) is 1. The van der Waals surface area contributed by atoms with E-state index >= 15 is 0 Å². The fraction of sp³-hybridized carbons (Fsp3) is 0.471. The van der Waals surface area contributed by atoms with E-state index in [1.807, 2.05) is 25.1 Å². The Hall–Kier alpha value is -1.05. The van der Waals surface area contributed by atoms with Crippen LogP contribution >= 0.6 is 34.9 Å². The summed E-state index contributed by atoms with van der Waals surface area (Å²) in [5.74, 6) is 1.02. The number of hydrogen-bond acceptors (Lipinski definition) is 6. The fourth-order valence-electron chi connectivity index (χ4n) is 2.22. The number of rotatable bonds is 9. The molecule has 24 heavy (non-hydrogen) atoms. The van der Waals surface area contributed by atoms with Gasteiger partial charge >= 0.3 is 0 Å². The van der Waals surface area contributed by atoms with Crippen LogP contribution in [0.2, 0.25) is 0 Å². The maximum atomic E-state index is 12.6. The highest BCUT2D eigenvalue weighted by molar-refractivity contribution is 8.03. The number of carbonyl (C=O) groups excluding carboxylic acids is 1. The molecule has 4 nitrogen and oxygen atoms in total. The molecular weight excluding hydrogens is 358 g/mol. The molecule has 1 heterocycles. The van der Waals surface area contributed by atoms with Gasteiger partial charge in [0.05, 0.1) is 11.3 Å². The minimum absolute atomic E-state index is 0.0437. The van der Waals surface area contributed by atoms with Crippen molar-refractivity contribution in [2.75, 3.05) is 5.75 Å². The normalized spacial score (nSPS) is 13.5. The Labute approximate surface area is 156 Å². The molecule has 0 radical (unpaired) electrons. The van der Waals surface area contributed by atoms with Gasteiger partial charge in [-0.2, -0.15) is 0 Å². The predicted molar refractivity (Wildman–Crippen MR) is 104 cm³/mol. The number of nitrogens with zero attached hydrogens (tertiary/aromatic N) is 2. The molecular formula is C17H23N3OS3. The van der Waals surface area contributed by atoms with Crippen LogP contribution in [0.3, 0.4) is 0 Å². The third-order valence-corrected chi connectivity index (χ3v) is 6.52. The molecule has 0 aliphatic heterocycles. The lowest BCUT2D eigenvalue weighted by Gasteiger charge is -2.20. The minimum Gasteiger partial charge on any atom is -0.348 e. The Morgan fingerprint density at radius 2 is 1.92 bits per heavy atom. The third-order valence-electron chi connectivity index (χ3n) is 3.40. The number of carbonyl (C=O) groups is 1. The summed E-state index contributed by atoms with van der Waals surface area (Å²) in [4.78, 5) is 12.6. The zero-order chi connectivity index (χ0) is 17.4. The molecule has 1 amide bonds. The van der Waals surface area contributed by atoms with Gasteiger partial charge in [-0.3, -0.25) is 4.79 Å². The Morgan fingerprint density at radius 3 is 2.58 bits per heavy atom. The van der Waals surface area contributed by atoms with Crippen molar-refractivity contribution in [1.29, 1.82) is 0 Å². The molecule has 0 fully saturated rings. The van der Waals surface area contributed by atoms with Crippen LogP contribution < -0.4 is 5.32 Å². The molecule has 2 rings (SSSR count). The van der Waals surface area contributed by atoms with Gasteiger partial charge in [-0.1, -0.05) is 85.5 Å². The average Bonchev–Trinajstić information content (AvgIpc) is 3.02. The number of benzene rings is 1. The molecule has 0 aliphatic carbocycles. The van der Waals surface area contributed by atoms with Crippen LogP contribution in [-0.4, -0.2) is 27.1 Å². The first-order chi connectivity index (χ1) is 11.6. The first-order valence-electron chi connectivity index (χ1n) is 8.12. The van der Waals surface area contributed by atoms with Crippen molar-refractivity contribution in [3.05, 3.63) is 35.9 Å². The van der Waals surface area contributed by atoms with Gasteiger partial charge in [-0.15, -0.1) is 10.2 Å². The predicted octanol–water partition coefficient (Wildman–Crippen LogP) is 4.79. The van der Waals surface area contributed by atoms with Crippen LogP contribution in [0.25, 0.3) is 0 Å². The van der Waals surface area contributed by atoms with Crippen LogP contribution in [0, 0.1) is 0 Å². The zero-order valence-electron chi connectivity index (χ0n) is 14.2. The molecule has 130 valence electrons. The highest BCUT2D eigenvalue weighted by atomic mass is 32.2.